The zero-order valence-electron chi connectivity index (χ0n) is 13.2. The minimum atomic E-state index is 0.930. The highest BCUT2D eigenvalue weighted by Gasteiger charge is 2.76. The van der Waals surface area contributed by atoms with Crippen LogP contribution in [0.3, 0.4) is 0 Å². The van der Waals surface area contributed by atoms with Gasteiger partial charge in [0.25, 0.3) is 0 Å². The second kappa shape index (κ2) is 5.78. The van der Waals surface area contributed by atoms with Crippen LogP contribution in [0.15, 0.2) is 0 Å². The van der Waals surface area contributed by atoms with Crippen LogP contribution in [0.1, 0.15) is 103 Å². The van der Waals surface area contributed by atoms with Gasteiger partial charge in [0.15, 0.2) is 0 Å². The van der Waals surface area contributed by atoms with Gasteiger partial charge >= 0.3 is 0 Å². The Morgan fingerprint density at radius 2 is 1.26 bits per heavy atom. The van der Waals surface area contributed by atoms with E-state index in [0.717, 1.165) is 10.8 Å². The Morgan fingerprint density at radius 1 is 0.737 bits per heavy atom. The SMILES string of the molecule is CCCCCCCCCCCCC1CC23CC1(C2)C3. The van der Waals surface area contributed by atoms with Crippen molar-refractivity contribution in [2.45, 2.75) is 103 Å². The van der Waals surface area contributed by atoms with E-state index in [2.05, 4.69) is 6.92 Å². The second-order valence-electron chi connectivity index (χ2n) is 8.26. The van der Waals surface area contributed by atoms with Crippen molar-refractivity contribution in [1.29, 1.82) is 0 Å². The van der Waals surface area contributed by atoms with E-state index in [1.54, 1.807) is 38.5 Å². The van der Waals surface area contributed by atoms with Gasteiger partial charge in [0.05, 0.1) is 0 Å². The zero-order valence-corrected chi connectivity index (χ0v) is 13.2. The van der Waals surface area contributed by atoms with Gasteiger partial charge in [-0.2, -0.15) is 0 Å². The molecular weight excluding hydrogens is 228 g/mol. The van der Waals surface area contributed by atoms with Crippen LogP contribution in [0, 0.1) is 16.7 Å². The molecule has 19 heavy (non-hydrogen) atoms. The predicted molar refractivity (Wildman–Crippen MR) is 83.3 cm³/mol. The van der Waals surface area contributed by atoms with Crippen LogP contribution in [0.2, 0.25) is 0 Å². The van der Waals surface area contributed by atoms with Crippen molar-refractivity contribution in [2.75, 3.05) is 0 Å². The lowest BCUT2D eigenvalue weighted by molar-refractivity contribution is -0.138. The largest absolute Gasteiger partial charge is 0.0654 e. The summed E-state index contributed by atoms with van der Waals surface area (Å²) < 4.78 is 0. The molecule has 0 saturated heterocycles. The maximum absolute atomic E-state index is 2.30. The molecule has 110 valence electrons. The summed E-state index contributed by atoms with van der Waals surface area (Å²) in [5.74, 6) is 1.17. The number of rotatable bonds is 11. The first-order chi connectivity index (χ1) is 9.29. The molecule has 6 fully saturated rings. The van der Waals surface area contributed by atoms with Gasteiger partial charge in [0.1, 0.15) is 0 Å². The van der Waals surface area contributed by atoms with Gasteiger partial charge in [0.2, 0.25) is 0 Å². The third-order valence-corrected chi connectivity index (χ3v) is 6.63. The first kappa shape index (κ1) is 14.0. The summed E-state index contributed by atoms with van der Waals surface area (Å²) in [5, 5.41) is 0. The number of unbranched alkanes of at least 4 members (excludes halogenated alkanes) is 9. The Kier molecular flexibility index (Phi) is 4.25. The molecule has 0 heterocycles. The summed E-state index contributed by atoms with van der Waals surface area (Å²) in [7, 11) is 0. The monoisotopic (exact) mass is 262 g/mol. The molecular formula is C19H34. The maximum Gasteiger partial charge on any atom is -0.0253 e. The van der Waals surface area contributed by atoms with E-state index in [1.807, 2.05) is 0 Å². The number of hydrogen-bond acceptors (Lipinski definition) is 0. The van der Waals surface area contributed by atoms with Crippen LogP contribution < -0.4 is 0 Å². The third kappa shape index (κ3) is 2.74. The average molecular weight is 262 g/mol. The van der Waals surface area contributed by atoms with E-state index in [1.165, 1.54) is 63.7 Å². The van der Waals surface area contributed by atoms with Gasteiger partial charge in [-0.05, 0) is 48.9 Å². The van der Waals surface area contributed by atoms with E-state index >= 15 is 0 Å². The fourth-order valence-corrected chi connectivity index (χ4v) is 5.76. The predicted octanol–water partition coefficient (Wildman–Crippen LogP) is 6.49. The summed E-state index contributed by atoms with van der Waals surface area (Å²) >= 11 is 0. The molecule has 0 nitrogen and oxygen atoms in total. The topological polar surface area (TPSA) is 0 Å². The molecule has 6 aliphatic rings. The van der Waals surface area contributed by atoms with Gasteiger partial charge in [-0.25, -0.2) is 0 Å². The van der Waals surface area contributed by atoms with Crippen molar-refractivity contribution < 1.29 is 0 Å². The molecule has 0 aromatic heterocycles. The van der Waals surface area contributed by atoms with Crippen molar-refractivity contribution in [1.82, 2.24) is 0 Å². The molecule has 6 saturated carbocycles. The Bertz CT molecular complexity index is 271. The molecule has 0 spiro atoms. The molecule has 1 atom stereocenters. The fraction of sp³-hybridized carbons (Fsp3) is 1.00. The van der Waals surface area contributed by atoms with Crippen LogP contribution in [0.5, 0.6) is 0 Å². The van der Waals surface area contributed by atoms with E-state index in [0.29, 0.717) is 0 Å². The molecule has 2 bridgehead atoms. The average Bonchev–Trinajstić information content (AvgIpc) is 2.92. The lowest BCUT2D eigenvalue weighted by atomic mass is 9.41. The number of hydrogen-bond donors (Lipinski definition) is 0. The molecule has 1 unspecified atom stereocenters. The second-order valence-corrected chi connectivity index (χ2v) is 8.26. The zero-order chi connectivity index (χ0) is 13.2. The fourth-order valence-electron chi connectivity index (χ4n) is 5.76. The quantitative estimate of drug-likeness (QED) is 0.373. The van der Waals surface area contributed by atoms with E-state index in [9.17, 15) is 0 Å². The molecule has 0 N–H and O–H groups in total. The normalized spacial score (nSPS) is 38.1. The molecule has 0 aromatic rings. The van der Waals surface area contributed by atoms with Gasteiger partial charge < -0.3 is 0 Å². The van der Waals surface area contributed by atoms with Crippen molar-refractivity contribution in [3.8, 4) is 0 Å². The molecule has 0 radical (unpaired) electrons. The lowest BCUT2D eigenvalue weighted by Crippen LogP contribution is -2.54. The van der Waals surface area contributed by atoms with Crippen molar-refractivity contribution in [3.05, 3.63) is 0 Å². The third-order valence-electron chi connectivity index (χ3n) is 6.63. The summed E-state index contributed by atoms with van der Waals surface area (Å²) in [6.07, 6.45) is 23.0. The van der Waals surface area contributed by atoms with Gasteiger partial charge in [-0.1, -0.05) is 71.1 Å². The Labute approximate surface area is 120 Å². The first-order valence-corrected chi connectivity index (χ1v) is 9.29. The smallest absolute Gasteiger partial charge is 0.0253 e. The van der Waals surface area contributed by atoms with Crippen LogP contribution in [0.4, 0.5) is 0 Å². The van der Waals surface area contributed by atoms with Crippen LogP contribution >= 0.6 is 0 Å². The summed E-state index contributed by atoms with van der Waals surface area (Å²) in [6, 6.07) is 0. The molecule has 0 heteroatoms. The van der Waals surface area contributed by atoms with Crippen molar-refractivity contribution in [2.24, 2.45) is 16.7 Å². The summed E-state index contributed by atoms with van der Waals surface area (Å²) in [5.41, 5.74) is 1.86. The Morgan fingerprint density at radius 3 is 1.74 bits per heavy atom. The highest BCUT2D eigenvalue weighted by molar-refractivity contribution is 5.26. The van der Waals surface area contributed by atoms with Crippen LogP contribution in [0.25, 0.3) is 0 Å². The summed E-state index contributed by atoms with van der Waals surface area (Å²) in [4.78, 5) is 0. The van der Waals surface area contributed by atoms with E-state index < -0.39 is 0 Å². The standard InChI is InChI=1S/C19H34/c1-2-3-4-5-6-7-8-9-10-11-12-17-13-18-14-19(17,15-18)16-18/h17H,2-16H2,1H3. The van der Waals surface area contributed by atoms with Crippen LogP contribution in [-0.4, -0.2) is 0 Å². The van der Waals surface area contributed by atoms with Gasteiger partial charge in [-0.15, -0.1) is 0 Å². The minimum absolute atomic E-state index is 0.930. The van der Waals surface area contributed by atoms with Crippen LogP contribution in [-0.2, 0) is 0 Å². The Balaban J connectivity index is 1.11. The molecule has 0 aliphatic heterocycles. The van der Waals surface area contributed by atoms with Gasteiger partial charge in [-0.3, -0.25) is 0 Å². The Hall–Kier alpha value is 0. The van der Waals surface area contributed by atoms with E-state index in [-0.39, 0.29) is 0 Å². The van der Waals surface area contributed by atoms with Crippen molar-refractivity contribution in [3.63, 3.8) is 0 Å². The highest BCUT2D eigenvalue weighted by Crippen LogP contribution is 2.86. The summed E-state index contributed by atoms with van der Waals surface area (Å²) in [6.45, 7) is 2.30. The minimum Gasteiger partial charge on any atom is -0.0654 e. The molecule has 0 aromatic carbocycles. The first-order valence-electron chi connectivity index (χ1n) is 9.29. The van der Waals surface area contributed by atoms with Crippen molar-refractivity contribution >= 4 is 0 Å². The lowest BCUT2D eigenvalue weighted by Gasteiger charge is -2.64. The molecule has 0 amide bonds. The molecule has 6 rings (SSSR count). The van der Waals surface area contributed by atoms with Gasteiger partial charge in [0, 0.05) is 0 Å². The van der Waals surface area contributed by atoms with E-state index in [4.69, 9.17) is 0 Å². The maximum atomic E-state index is 2.30. The highest BCUT2D eigenvalue weighted by atomic mass is 14.8. The molecule has 6 aliphatic carbocycles.